The van der Waals surface area contributed by atoms with Gasteiger partial charge in [0.2, 0.25) is 4.96 Å². The third-order valence-corrected chi connectivity index (χ3v) is 3.96. The van der Waals surface area contributed by atoms with Crippen molar-refractivity contribution >= 4 is 39.9 Å². The molecule has 0 spiro atoms. The number of ether oxygens (including phenoxy) is 2. The van der Waals surface area contributed by atoms with Crippen molar-refractivity contribution in [3.8, 4) is 17.0 Å². The highest BCUT2D eigenvalue weighted by atomic mass is 35.5. The van der Waals surface area contributed by atoms with Crippen molar-refractivity contribution in [2.45, 2.75) is 0 Å². The summed E-state index contributed by atoms with van der Waals surface area (Å²) in [5.41, 5.74) is 1.72. The number of carbonyl (C=O) groups excluding carboxylic acids is 1. The number of hydrogen-bond acceptors (Lipinski definition) is 6. The fourth-order valence-corrected chi connectivity index (χ4v) is 2.93. The van der Waals surface area contributed by atoms with Gasteiger partial charge in [0, 0.05) is 10.9 Å². The molecule has 0 saturated heterocycles. The molecule has 0 fully saturated rings. The van der Waals surface area contributed by atoms with Gasteiger partial charge in [-0.2, -0.15) is 4.98 Å². The monoisotopic (exact) mass is 352 g/mol. The number of fused-ring (bicyclic) bond motifs is 1. The Hall–Kier alpha value is -2.32. The standard InChI is InChI=1S/C14H13ClN4O3S/c1-21-11-5-3-2-4-9(11)10-8-23-13-16-12(18-19(10)13)17-14(20)22-7-6-15/h2-5,8H,6-7H2,1H3,(H,17,18,20). The second-order valence-electron chi connectivity index (χ2n) is 4.40. The molecule has 0 bridgehead atoms. The maximum Gasteiger partial charge on any atom is 0.414 e. The molecule has 0 atom stereocenters. The van der Waals surface area contributed by atoms with E-state index in [0.29, 0.717) is 4.96 Å². The van der Waals surface area contributed by atoms with E-state index in [2.05, 4.69) is 15.4 Å². The molecule has 3 rings (SSSR count). The summed E-state index contributed by atoms with van der Waals surface area (Å²) in [6, 6.07) is 7.62. The smallest absolute Gasteiger partial charge is 0.414 e. The number of para-hydroxylation sites is 1. The van der Waals surface area contributed by atoms with Crippen LogP contribution in [0.5, 0.6) is 5.75 Å². The number of carbonyl (C=O) groups is 1. The molecule has 0 aliphatic carbocycles. The quantitative estimate of drug-likeness (QED) is 0.713. The second-order valence-corrected chi connectivity index (χ2v) is 5.62. The van der Waals surface area contributed by atoms with Crippen LogP contribution in [0.3, 0.4) is 0 Å². The van der Waals surface area contributed by atoms with Crippen molar-refractivity contribution in [2.24, 2.45) is 0 Å². The minimum atomic E-state index is -0.636. The lowest BCUT2D eigenvalue weighted by Crippen LogP contribution is -2.15. The highest BCUT2D eigenvalue weighted by Crippen LogP contribution is 2.32. The summed E-state index contributed by atoms with van der Waals surface area (Å²) in [4.78, 5) is 16.4. The summed E-state index contributed by atoms with van der Waals surface area (Å²) in [5, 5.41) is 8.69. The lowest BCUT2D eigenvalue weighted by atomic mass is 10.1. The maximum absolute atomic E-state index is 11.5. The number of thiazole rings is 1. The molecule has 2 aromatic heterocycles. The Balaban J connectivity index is 1.90. The zero-order valence-electron chi connectivity index (χ0n) is 12.2. The lowest BCUT2D eigenvalue weighted by molar-refractivity contribution is 0.168. The largest absolute Gasteiger partial charge is 0.496 e. The molecule has 1 N–H and O–H groups in total. The molecule has 0 saturated carbocycles. The predicted octanol–water partition coefficient (Wildman–Crippen LogP) is 3.25. The number of nitrogens with one attached hydrogen (secondary N) is 1. The molecule has 120 valence electrons. The molecule has 3 aromatic rings. The van der Waals surface area contributed by atoms with Gasteiger partial charge in [0.15, 0.2) is 0 Å². The Morgan fingerprint density at radius 2 is 2.26 bits per heavy atom. The molecular formula is C14H13ClN4O3S. The van der Waals surface area contributed by atoms with Gasteiger partial charge in [-0.1, -0.05) is 12.1 Å². The number of benzene rings is 1. The summed E-state index contributed by atoms with van der Waals surface area (Å²) in [6.45, 7) is 0.127. The SMILES string of the molecule is COc1ccccc1-c1csc2nc(NC(=O)OCCCl)nn12. The van der Waals surface area contributed by atoms with Crippen molar-refractivity contribution in [2.75, 3.05) is 24.9 Å². The number of methoxy groups -OCH3 is 1. The second kappa shape index (κ2) is 6.84. The number of anilines is 1. The van der Waals surface area contributed by atoms with E-state index in [0.717, 1.165) is 17.0 Å². The van der Waals surface area contributed by atoms with Crippen LogP contribution in [0.15, 0.2) is 29.6 Å². The fraction of sp³-hybridized carbons (Fsp3) is 0.214. The van der Waals surface area contributed by atoms with Gasteiger partial charge >= 0.3 is 6.09 Å². The van der Waals surface area contributed by atoms with E-state index in [-0.39, 0.29) is 18.4 Å². The normalized spacial score (nSPS) is 10.7. The van der Waals surface area contributed by atoms with E-state index in [4.69, 9.17) is 21.1 Å². The molecule has 9 heteroatoms. The average molecular weight is 353 g/mol. The molecule has 7 nitrogen and oxygen atoms in total. The molecule has 0 aliphatic rings. The van der Waals surface area contributed by atoms with Crippen molar-refractivity contribution in [1.82, 2.24) is 14.6 Å². The zero-order chi connectivity index (χ0) is 16.2. The van der Waals surface area contributed by atoms with Crippen LogP contribution >= 0.6 is 22.9 Å². The van der Waals surface area contributed by atoms with Crippen LogP contribution in [-0.4, -0.2) is 40.3 Å². The van der Waals surface area contributed by atoms with E-state index in [1.165, 1.54) is 11.3 Å². The first-order valence-electron chi connectivity index (χ1n) is 6.70. The Morgan fingerprint density at radius 3 is 3.04 bits per heavy atom. The molecule has 0 aliphatic heterocycles. The van der Waals surface area contributed by atoms with E-state index in [1.807, 2.05) is 29.6 Å². The fourth-order valence-electron chi connectivity index (χ4n) is 2.03. The number of halogens is 1. The summed E-state index contributed by atoms with van der Waals surface area (Å²) < 4.78 is 11.9. The lowest BCUT2D eigenvalue weighted by Gasteiger charge is -2.06. The van der Waals surface area contributed by atoms with Gasteiger partial charge in [0.1, 0.15) is 12.4 Å². The van der Waals surface area contributed by atoms with Crippen LogP contribution in [0.4, 0.5) is 10.7 Å². The minimum absolute atomic E-state index is 0.127. The van der Waals surface area contributed by atoms with Crippen molar-refractivity contribution in [3.63, 3.8) is 0 Å². The molecule has 0 radical (unpaired) electrons. The van der Waals surface area contributed by atoms with Gasteiger partial charge in [0.05, 0.1) is 18.7 Å². The van der Waals surface area contributed by atoms with Gasteiger partial charge in [-0.15, -0.1) is 28.0 Å². The van der Waals surface area contributed by atoms with Crippen LogP contribution in [-0.2, 0) is 4.74 Å². The van der Waals surface area contributed by atoms with Gasteiger partial charge < -0.3 is 9.47 Å². The molecular weight excluding hydrogens is 340 g/mol. The van der Waals surface area contributed by atoms with Crippen molar-refractivity contribution in [1.29, 1.82) is 0 Å². The summed E-state index contributed by atoms with van der Waals surface area (Å²) in [6.07, 6.45) is -0.636. The number of rotatable bonds is 5. The Kier molecular flexibility index (Phi) is 4.63. The first kappa shape index (κ1) is 15.6. The summed E-state index contributed by atoms with van der Waals surface area (Å²) in [7, 11) is 1.61. The predicted molar refractivity (Wildman–Crippen MR) is 88.5 cm³/mol. The Morgan fingerprint density at radius 1 is 1.43 bits per heavy atom. The molecule has 23 heavy (non-hydrogen) atoms. The van der Waals surface area contributed by atoms with Gasteiger partial charge in [-0.25, -0.2) is 9.31 Å². The van der Waals surface area contributed by atoms with E-state index in [9.17, 15) is 4.79 Å². The van der Waals surface area contributed by atoms with Gasteiger partial charge in [0.25, 0.3) is 5.95 Å². The molecule has 0 unspecified atom stereocenters. The van der Waals surface area contributed by atoms with Crippen LogP contribution in [0.25, 0.3) is 16.2 Å². The molecule has 1 aromatic carbocycles. The summed E-state index contributed by atoms with van der Waals surface area (Å²) >= 11 is 6.88. The topological polar surface area (TPSA) is 77.8 Å². The third-order valence-electron chi connectivity index (χ3n) is 2.99. The van der Waals surface area contributed by atoms with Crippen LogP contribution < -0.4 is 10.1 Å². The van der Waals surface area contributed by atoms with Crippen LogP contribution in [0.1, 0.15) is 0 Å². The van der Waals surface area contributed by atoms with E-state index in [1.54, 1.807) is 11.6 Å². The number of alkyl halides is 1. The van der Waals surface area contributed by atoms with Crippen LogP contribution in [0.2, 0.25) is 0 Å². The molecule has 1 amide bonds. The number of hydrogen-bond donors (Lipinski definition) is 1. The Labute approximate surface area is 140 Å². The van der Waals surface area contributed by atoms with Gasteiger partial charge in [-0.3, -0.25) is 5.32 Å². The van der Waals surface area contributed by atoms with Crippen LogP contribution in [0, 0.1) is 0 Å². The first-order valence-corrected chi connectivity index (χ1v) is 8.11. The maximum atomic E-state index is 11.5. The first-order chi connectivity index (χ1) is 11.2. The Bertz CT molecular complexity index is 832. The van der Waals surface area contributed by atoms with E-state index >= 15 is 0 Å². The van der Waals surface area contributed by atoms with Crippen molar-refractivity contribution < 1.29 is 14.3 Å². The highest BCUT2D eigenvalue weighted by Gasteiger charge is 2.15. The minimum Gasteiger partial charge on any atom is -0.496 e. The van der Waals surface area contributed by atoms with Crippen molar-refractivity contribution in [3.05, 3.63) is 29.6 Å². The number of amides is 1. The number of nitrogens with zero attached hydrogens (tertiary/aromatic N) is 3. The van der Waals surface area contributed by atoms with E-state index < -0.39 is 6.09 Å². The van der Waals surface area contributed by atoms with Gasteiger partial charge in [-0.05, 0) is 12.1 Å². The third kappa shape index (κ3) is 3.22. The zero-order valence-corrected chi connectivity index (χ0v) is 13.7. The average Bonchev–Trinajstić information content (AvgIpc) is 3.12. The number of aromatic nitrogens is 3. The summed E-state index contributed by atoms with van der Waals surface area (Å²) in [5.74, 6) is 1.14. The highest BCUT2D eigenvalue weighted by molar-refractivity contribution is 7.15. The molecule has 2 heterocycles.